The Labute approximate surface area is 148 Å². The lowest BCUT2D eigenvalue weighted by Gasteiger charge is -2.18. The molecule has 0 aromatic rings. The van der Waals surface area contributed by atoms with Crippen molar-refractivity contribution >= 4 is 0 Å². The summed E-state index contributed by atoms with van der Waals surface area (Å²) in [6, 6.07) is 0. The molecule has 0 fully saturated rings. The van der Waals surface area contributed by atoms with Gasteiger partial charge in [-0.2, -0.15) is 0 Å². The van der Waals surface area contributed by atoms with Crippen molar-refractivity contribution in [3.63, 3.8) is 0 Å². The van der Waals surface area contributed by atoms with E-state index >= 15 is 0 Å². The number of unbranched alkanes of at least 4 members (excludes halogenated alkanes) is 10. The Kier molecular flexibility index (Phi) is 18.3. The van der Waals surface area contributed by atoms with Crippen molar-refractivity contribution in [3.05, 3.63) is 0 Å². The fourth-order valence-corrected chi connectivity index (χ4v) is 3.56. The summed E-state index contributed by atoms with van der Waals surface area (Å²) in [6.45, 7) is 5.88. The average Bonchev–Trinajstić information content (AvgIpc) is 2.53. The Morgan fingerprint density at radius 2 is 0.913 bits per heavy atom. The van der Waals surface area contributed by atoms with Gasteiger partial charge in [0.15, 0.2) is 0 Å². The minimum absolute atomic E-state index is 1.01. The molecule has 1 nitrogen and oxygen atoms in total. The van der Waals surface area contributed by atoms with Gasteiger partial charge in [0.05, 0.1) is 0 Å². The van der Waals surface area contributed by atoms with Crippen LogP contribution in [0.4, 0.5) is 0 Å². The summed E-state index contributed by atoms with van der Waals surface area (Å²) in [5, 5.41) is 0. The van der Waals surface area contributed by atoms with Gasteiger partial charge in [0.1, 0.15) is 0 Å². The molecular weight excluding hydrogens is 278 g/mol. The standard InChI is InChI=1S/C22H47N/c1-5-7-9-11-13-15-18-22(20-17-21-23(3)4)19-16-14-12-10-8-6-2/h22H,5-21H2,1-4H3. The first-order valence-electron chi connectivity index (χ1n) is 10.8. The van der Waals surface area contributed by atoms with Crippen LogP contribution in [0, 0.1) is 5.92 Å². The van der Waals surface area contributed by atoms with E-state index in [1.54, 1.807) is 0 Å². The molecule has 0 saturated carbocycles. The molecule has 0 N–H and O–H groups in total. The molecule has 140 valence electrons. The van der Waals surface area contributed by atoms with Crippen LogP contribution in [-0.2, 0) is 0 Å². The van der Waals surface area contributed by atoms with Crippen molar-refractivity contribution < 1.29 is 0 Å². The minimum Gasteiger partial charge on any atom is -0.309 e. The molecule has 0 aliphatic heterocycles. The molecule has 0 aromatic heterocycles. The zero-order chi connectivity index (χ0) is 17.2. The first-order valence-corrected chi connectivity index (χ1v) is 10.8. The quantitative estimate of drug-likeness (QED) is 0.237. The molecule has 0 bridgehead atoms. The van der Waals surface area contributed by atoms with Gasteiger partial charge in [-0.1, -0.05) is 104 Å². The van der Waals surface area contributed by atoms with E-state index in [0.29, 0.717) is 0 Å². The van der Waals surface area contributed by atoms with E-state index in [4.69, 9.17) is 0 Å². The lowest BCUT2D eigenvalue weighted by Crippen LogP contribution is -2.14. The molecule has 0 rings (SSSR count). The van der Waals surface area contributed by atoms with Crippen LogP contribution in [0.3, 0.4) is 0 Å². The second kappa shape index (κ2) is 18.3. The molecule has 0 aliphatic carbocycles. The molecule has 0 spiro atoms. The van der Waals surface area contributed by atoms with E-state index in [1.807, 2.05) is 0 Å². The van der Waals surface area contributed by atoms with Crippen LogP contribution in [0.25, 0.3) is 0 Å². The van der Waals surface area contributed by atoms with E-state index in [-0.39, 0.29) is 0 Å². The molecule has 1 heteroatoms. The van der Waals surface area contributed by atoms with Gasteiger partial charge in [0, 0.05) is 0 Å². The maximum atomic E-state index is 2.34. The highest BCUT2D eigenvalue weighted by Gasteiger charge is 2.09. The third kappa shape index (κ3) is 18.1. The van der Waals surface area contributed by atoms with Gasteiger partial charge >= 0.3 is 0 Å². The molecule has 0 aromatic carbocycles. The summed E-state index contributed by atoms with van der Waals surface area (Å²) in [4.78, 5) is 2.34. The smallest absolute Gasteiger partial charge is 0.00247 e. The maximum Gasteiger partial charge on any atom is -0.00247 e. The summed E-state index contributed by atoms with van der Waals surface area (Å²) in [5.41, 5.74) is 0. The van der Waals surface area contributed by atoms with E-state index in [9.17, 15) is 0 Å². The largest absolute Gasteiger partial charge is 0.309 e. The first-order chi connectivity index (χ1) is 11.2. The molecule has 23 heavy (non-hydrogen) atoms. The molecule has 0 unspecified atom stereocenters. The van der Waals surface area contributed by atoms with Gasteiger partial charge in [0.2, 0.25) is 0 Å². The Bertz CT molecular complexity index is 196. The molecule has 0 amide bonds. The Morgan fingerprint density at radius 3 is 1.35 bits per heavy atom. The van der Waals surface area contributed by atoms with Gasteiger partial charge in [-0.25, -0.2) is 0 Å². The Hall–Kier alpha value is -0.0400. The SMILES string of the molecule is CCCCCCCCC(CCCCCCCC)CCCN(C)C. The van der Waals surface area contributed by atoms with Crippen LogP contribution in [-0.4, -0.2) is 25.5 Å². The number of nitrogens with zero attached hydrogens (tertiary/aromatic N) is 1. The summed E-state index contributed by atoms with van der Waals surface area (Å²) in [6.07, 6.45) is 23.2. The second-order valence-corrected chi connectivity index (χ2v) is 7.92. The predicted molar refractivity (Wildman–Crippen MR) is 107 cm³/mol. The zero-order valence-corrected chi connectivity index (χ0v) is 17.0. The van der Waals surface area contributed by atoms with Crippen LogP contribution in [0.2, 0.25) is 0 Å². The van der Waals surface area contributed by atoms with Crippen molar-refractivity contribution in [2.24, 2.45) is 5.92 Å². The van der Waals surface area contributed by atoms with E-state index in [0.717, 1.165) is 5.92 Å². The van der Waals surface area contributed by atoms with Crippen molar-refractivity contribution in [1.29, 1.82) is 0 Å². The maximum absolute atomic E-state index is 2.34. The molecule has 0 aliphatic rings. The highest BCUT2D eigenvalue weighted by Crippen LogP contribution is 2.23. The van der Waals surface area contributed by atoms with Crippen molar-refractivity contribution in [3.8, 4) is 0 Å². The summed E-state index contributed by atoms with van der Waals surface area (Å²) < 4.78 is 0. The van der Waals surface area contributed by atoms with Crippen molar-refractivity contribution in [1.82, 2.24) is 4.90 Å². The molecule has 0 saturated heterocycles. The van der Waals surface area contributed by atoms with Crippen LogP contribution in [0.15, 0.2) is 0 Å². The lowest BCUT2D eigenvalue weighted by molar-refractivity contribution is 0.332. The van der Waals surface area contributed by atoms with Crippen LogP contribution in [0.1, 0.15) is 117 Å². The highest BCUT2D eigenvalue weighted by atomic mass is 15.0. The Morgan fingerprint density at radius 1 is 0.522 bits per heavy atom. The van der Waals surface area contributed by atoms with Gasteiger partial charge in [0.25, 0.3) is 0 Å². The topological polar surface area (TPSA) is 3.24 Å². The normalized spacial score (nSPS) is 11.7. The second-order valence-electron chi connectivity index (χ2n) is 7.92. The predicted octanol–water partition coefficient (Wildman–Crippen LogP) is 7.45. The van der Waals surface area contributed by atoms with E-state index < -0.39 is 0 Å². The molecule has 0 atom stereocenters. The molecular formula is C22H47N. The third-order valence-corrected chi connectivity index (χ3v) is 5.15. The number of hydrogen-bond donors (Lipinski definition) is 0. The summed E-state index contributed by atoms with van der Waals surface area (Å²) >= 11 is 0. The summed E-state index contributed by atoms with van der Waals surface area (Å²) in [7, 11) is 4.41. The van der Waals surface area contributed by atoms with Gasteiger partial charge in [-0.05, 0) is 39.4 Å². The van der Waals surface area contributed by atoms with Crippen molar-refractivity contribution in [2.45, 2.75) is 117 Å². The zero-order valence-electron chi connectivity index (χ0n) is 17.0. The van der Waals surface area contributed by atoms with Gasteiger partial charge < -0.3 is 4.90 Å². The van der Waals surface area contributed by atoms with E-state index in [1.165, 1.54) is 109 Å². The van der Waals surface area contributed by atoms with E-state index in [2.05, 4.69) is 32.8 Å². The van der Waals surface area contributed by atoms with Gasteiger partial charge in [-0.15, -0.1) is 0 Å². The first kappa shape index (κ1) is 23.0. The molecule has 0 heterocycles. The van der Waals surface area contributed by atoms with Gasteiger partial charge in [-0.3, -0.25) is 0 Å². The monoisotopic (exact) mass is 325 g/mol. The number of rotatable bonds is 18. The van der Waals surface area contributed by atoms with Crippen molar-refractivity contribution in [2.75, 3.05) is 20.6 Å². The minimum atomic E-state index is 1.01. The average molecular weight is 326 g/mol. The third-order valence-electron chi connectivity index (χ3n) is 5.15. The fraction of sp³-hybridized carbons (Fsp3) is 1.00. The lowest BCUT2D eigenvalue weighted by atomic mass is 9.90. The Balaban J connectivity index is 3.75. The van der Waals surface area contributed by atoms with Crippen LogP contribution in [0.5, 0.6) is 0 Å². The highest BCUT2D eigenvalue weighted by molar-refractivity contribution is 4.62. The van der Waals surface area contributed by atoms with Crippen LogP contribution < -0.4 is 0 Å². The van der Waals surface area contributed by atoms with Crippen LogP contribution >= 0.6 is 0 Å². The number of hydrogen-bond acceptors (Lipinski definition) is 1. The molecule has 0 radical (unpaired) electrons. The summed E-state index contributed by atoms with van der Waals surface area (Å²) in [5.74, 6) is 1.01. The fourth-order valence-electron chi connectivity index (χ4n) is 3.56.